The number of likely N-dealkylation sites (N-methyl/N-ethyl adjacent to an activating group) is 1. The van der Waals surface area contributed by atoms with Crippen molar-refractivity contribution in [3.63, 3.8) is 0 Å². The van der Waals surface area contributed by atoms with Crippen molar-refractivity contribution in [2.24, 2.45) is 0 Å². The van der Waals surface area contributed by atoms with Crippen LogP contribution in [0.15, 0.2) is 47.7 Å². The van der Waals surface area contributed by atoms with Gasteiger partial charge < -0.3 is 29.4 Å². The number of nitrogens with zero attached hydrogens (tertiary/aromatic N) is 5. The summed E-state index contributed by atoms with van der Waals surface area (Å²) < 4.78 is 44.8. The third-order valence-electron chi connectivity index (χ3n) is 6.01. The number of H-pyrrole nitrogens is 1. The number of rotatable bonds is 11. The summed E-state index contributed by atoms with van der Waals surface area (Å²) in [6.45, 7) is 0.00135. The number of nitrogens with one attached hydrogen (secondary N) is 2. The fourth-order valence-corrected chi connectivity index (χ4v) is 3.78. The van der Waals surface area contributed by atoms with Gasteiger partial charge in [0.05, 0.1) is 23.3 Å². The van der Waals surface area contributed by atoms with Gasteiger partial charge in [0.2, 0.25) is 5.91 Å². The monoisotopic (exact) mass is 591 g/mol. The number of halogens is 3. The van der Waals surface area contributed by atoms with Crippen LogP contribution in [0.2, 0.25) is 0 Å². The molecule has 12 nitrogen and oxygen atoms in total. The molecule has 226 valence electrons. The first-order valence-electron chi connectivity index (χ1n) is 12.9. The van der Waals surface area contributed by atoms with Gasteiger partial charge in [-0.3, -0.25) is 14.4 Å². The van der Waals surface area contributed by atoms with Crippen LogP contribution in [0.5, 0.6) is 0 Å². The molecule has 15 heteroatoms. The van der Waals surface area contributed by atoms with Crippen LogP contribution < -0.4 is 10.9 Å². The topological polar surface area (TPSA) is 143 Å². The Labute approximate surface area is 239 Å². The molecule has 0 aliphatic rings. The maximum Gasteiger partial charge on any atom is 0.410 e. The molecule has 0 saturated carbocycles. The number of ether oxygens (including phenoxy) is 1. The van der Waals surface area contributed by atoms with Crippen molar-refractivity contribution in [1.29, 1.82) is 0 Å². The Morgan fingerprint density at radius 2 is 1.90 bits per heavy atom. The SMILES string of the molecule is CN(C)C(=O)/C=C/CCC(OC(=O)N(C)C)C(=O)Nc1cccn(Cc2cc3ncnc(CCC(F)(F)F)c3[nH]2)c1=O. The highest BCUT2D eigenvalue weighted by Crippen LogP contribution is 2.24. The van der Waals surface area contributed by atoms with Crippen molar-refractivity contribution in [2.45, 2.75) is 44.5 Å². The Morgan fingerprint density at radius 3 is 2.57 bits per heavy atom. The molecule has 3 aromatic heterocycles. The highest BCUT2D eigenvalue weighted by molar-refractivity contribution is 5.95. The quantitative estimate of drug-likeness (QED) is 0.326. The van der Waals surface area contributed by atoms with Crippen LogP contribution in [0, 0.1) is 0 Å². The molecule has 1 unspecified atom stereocenters. The lowest BCUT2D eigenvalue weighted by Gasteiger charge is -2.19. The number of allylic oxidation sites excluding steroid dienone is 1. The van der Waals surface area contributed by atoms with E-state index in [4.69, 9.17) is 4.74 Å². The fraction of sp³-hybridized carbons (Fsp3) is 0.407. The Morgan fingerprint density at radius 1 is 1.17 bits per heavy atom. The van der Waals surface area contributed by atoms with E-state index in [2.05, 4.69) is 20.3 Å². The number of aromatic amines is 1. The number of anilines is 1. The lowest BCUT2D eigenvalue weighted by molar-refractivity contribution is -0.134. The molecule has 0 aliphatic carbocycles. The predicted octanol–water partition coefficient (Wildman–Crippen LogP) is 3.09. The summed E-state index contributed by atoms with van der Waals surface area (Å²) in [4.78, 5) is 63.7. The summed E-state index contributed by atoms with van der Waals surface area (Å²) in [6, 6.07) is 4.53. The van der Waals surface area contributed by atoms with Gasteiger partial charge in [0.15, 0.2) is 6.10 Å². The number of aromatic nitrogens is 4. The van der Waals surface area contributed by atoms with Gasteiger partial charge in [0.25, 0.3) is 11.5 Å². The average molecular weight is 592 g/mol. The van der Waals surface area contributed by atoms with E-state index in [1.54, 1.807) is 26.2 Å². The zero-order chi connectivity index (χ0) is 31.0. The second-order valence-corrected chi connectivity index (χ2v) is 9.81. The van der Waals surface area contributed by atoms with E-state index in [0.717, 1.165) is 4.90 Å². The largest absolute Gasteiger partial charge is 0.436 e. The van der Waals surface area contributed by atoms with Crippen molar-refractivity contribution in [2.75, 3.05) is 33.5 Å². The Balaban J connectivity index is 1.76. The minimum absolute atomic E-state index is 0.00135. The molecule has 3 amide bonds. The molecule has 0 saturated heterocycles. The van der Waals surface area contributed by atoms with Gasteiger partial charge in [-0.25, -0.2) is 14.8 Å². The minimum Gasteiger partial charge on any atom is -0.436 e. The minimum atomic E-state index is -4.34. The highest BCUT2D eigenvalue weighted by Gasteiger charge is 2.28. The van der Waals surface area contributed by atoms with Crippen molar-refractivity contribution >= 4 is 34.6 Å². The van der Waals surface area contributed by atoms with Crippen LogP contribution in [0.3, 0.4) is 0 Å². The van der Waals surface area contributed by atoms with E-state index in [-0.39, 0.29) is 43.1 Å². The normalized spacial score (nSPS) is 12.4. The third kappa shape index (κ3) is 8.91. The zero-order valence-electron chi connectivity index (χ0n) is 23.6. The van der Waals surface area contributed by atoms with Crippen LogP contribution in [-0.2, 0) is 27.3 Å². The Bertz CT molecular complexity index is 1510. The molecular weight excluding hydrogens is 559 g/mol. The molecule has 0 aromatic carbocycles. The van der Waals surface area contributed by atoms with Gasteiger partial charge in [0, 0.05) is 52.9 Å². The first-order chi connectivity index (χ1) is 19.7. The second-order valence-electron chi connectivity index (χ2n) is 9.81. The molecule has 0 spiro atoms. The summed E-state index contributed by atoms with van der Waals surface area (Å²) >= 11 is 0. The molecular formula is C27H32F3N7O5. The number of carbonyl (C=O) groups is 3. The zero-order valence-corrected chi connectivity index (χ0v) is 23.6. The first-order valence-corrected chi connectivity index (χ1v) is 12.9. The summed E-state index contributed by atoms with van der Waals surface area (Å²) in [5.41, 5.74) is 0.801. The van der Waals surface area contributed by atoms with E-state index >= 15 is 0 Å². The summed E-state index contributed by atoms with van der Waals surface area (Å²) in [5, 5.41) is 2.51. The molecule has 3 rings (SSSR count). The molecule has 42 heavy (non-hydrogen) atoms. The third-order valence-corrected chi connectivity index (χ3v) is 6.01. The van der Waals surface area contributed by atoms with Crippen LogP contribution in [0.25, 0.3) is 11.0 Å². The van der Waals surface area contributed by atoms with Gasteiger partial charge in [-0.15, -0.1) is 0 Å². The number of amides is 3. The van der Waals surface area contributed by atoms with Crippen LogP contribution in [0.1, 0.15) is 30.7 Å². The van der Waals surface area contributed by atoms with Gasteiger partial charge in [0.1, 0.15) is 12.0 Å². The summed E-state index contributed by atoms with van der Waals surface area (Å²) in [6.07, 6.45) is -1.86. The number of hydrogen-bond donors (Lipinski definition) is 2. The van der Waals surface area contributed by atoms with Gasteiger partial charge in [-0.2, -0.15) is 13.2 Å². The number of aryl methyl sites for hydroxylation is 1. The van der Waals surface area contributed by atoms with Gasteiger partial charge in [-0.05, 0) is 37.1 Å². The van der Waals surface area contributed by atoms with E-state index in [1.165, 1.54) is 54.3 Å². The van der Waals surface area contributed by atoms with Crippen LogP contribution in [0.4, 0.5) is 23.7 Å². The van der Waals surface area contributed by atoms with Gasteiger partial charge >= 0.3 is 12.3 Å². The molecule has 3 aromatic rings. The first kappa shape index (κ1) is 31.8. The number of alkyl halides is 3. The Kier molecular flexibility index (Phi) is 10.4. The van der Waals surface area contributed by atoms with E-state index in [9.17, 15) is 32.3 Å². The number of hydrogen-bond acceptors (Lipinski definition) is 7. The van der Waals surface area contributed by atoms with Crippen LogP contribution in [-0.4, -0.2) is 87.7 Å². The molecule has 0 bridgehead atoms. The molecule has 0 fully saturated rings. The molecule has 1 atom stereocenters. The lowest BCUT2D eigenvalue weighted by atomic mass is 10.1. The van der Waals surface area contributed by atoms with Crippen molar-refractivity contribution in [1.82, 2.24) is 29.3 Å². The van der Waals surface area contributed by atoms with E-state index in [1.807, 2.05) is 0 Å². The summed E-state index contributed by atoms with van der Waals surface area (Å²) in [5.74, 6) is -0.978. The van der Waals surface area contributed by atoms with E-state index < -0.39 is 36.3 Å². The van der Waals surface area contributed by atoms with Crippen molar-refractivity contribution in [3.05, 3.63) is 64.6 Å². The fourth-order valence-electron chi connectivity index (χ4n) is 3.78. The summed E-state index contributed by atoms with van der Waals surface area (Å²) in [7, 11) is 6.10. The predicted molar refractivity (Wildman–Crippen MR) is 148 cm³/mol. The molecule has 0 radical (unpaired) electrons. The number of pyridine rings is 1. The van der Waals surface area contributed by atoms with Gasteiger partial charge in [-0.1, -0.05) is 6.08 Å². The number of carbonyl (C=O) groups excluding carboxylic acids is 3. The average Bonchev–Trinajstić information content (AvgIpc) is 3.33. The highest BCUT2D eigenvalue weighted by atomic mass is 19.4. The lowest BCUT2D eigenvalue weighted by Crippen LogP contribution is -2.37. The molecule has 3 heterocycles. The van der Waals surface area contributed by atoms with Crippen molar-refractivity contribution < 1.29 is 32.3 Å². The molecule has 2 N–H and O–H groups in total. The smallest absolute Gasteiger partial charge is 0.410 e. The second kappa shape index (κ2) is 13.8. The molecule has 0 aliphatic heterocycles. The van der Waals surface area contributed by atoms with E-state index in [0.29, 0.717) is 16.7 Å². The maximum absolute atomic E-state index is 13.2. The number of fused-ring (bicyclic) bond motifs is 1. The Hall–Kier alpha value is -4.69. The van der Waals surface area contributed by atoms with Crippen molar-refractivity contribution in [3.8, 4) is 0 Å². The van der Waals surface area contributed by atoms with Crippen LogP contribution >= 0.6 is 0 Å². The standard InChI is InChI=1S/C27H32F3N7O5/c1-35(2)22(38)10-6-5-9-21(42-26(41)36(3)4)24(39)34-19-8-7-13-37(25(19)40)15-17-14-20-23(33-17)18(31-16-32-20)11-12-27(28,29)30/h6-8,10,13-14,16,21,33H,5,9,11-12,15H2,1-4H3,(H,34,39)/b10-6+. The maximum atomic E-state index is 13.2.